The molecule has 0 radical (unpaired) electrons. The van der Waals surface area contributed by atoms with Gasteiger partial charge < -0.3 is 24.0 Å². The van der Waals surface area contributed by atoms with Crippen LogP contribution < -0.4 is 14.2 Å². The van der Waals surface area contributed by atoms with Gasteiger partial charge in [0.15, 0.2) is 23.7 Å². The number of fused-ring (bicyclic) bond motifs is 6. The standard InChI is InChI=1S/C19H17NO4S.C17H12N2O5S.C16H12NO6PS/c1-3-6-11(2)24-14-9-4-7-12-16(14)19(21)13-8-5-10-15-17(13)18(12)20-25(15,22)23;1-19(2)17(21)24-11-7-3-5-9-13(11)16(20)10-6-4-8-12-14(10)15(9)18-25(12,22)23;1-24(19,20)8-23-11-6-2-4-9-13(11)16(18)10-5-3-7-12-14(10)15(9)17-25(12,21)22/h4-5,7-11H,3,6H2,1-2H3;3-8H,1-2H3;2-7H,8H2,1H3,(H,19,20). The summed E-state index contributed by atoms with van der Waals surface area (Å²) >= 11 is 0. The molecule has 0 spiro atoms. The second-order valence-electron chi connectivity index (χ2n) is 18.1. The Morgan fingerprint density at radius 3 is 1.29 bits per heavy atom. The fourth-order valence-corrected chi connectivity index (χ4v) is 13.5. The highest BCUT2D eigenvalue weighted by atomic mass is 32.2. The van der Waals surface area contributed by atoms with Gasteiger partial charge in [0.25, 0.3) is 30.1 Å². The molecule has 3 heterocycles. The van der Waals surface area contributed by atoms with E-state index in [0.29, 0.717) is 56.0 Å². The number of ketones is 3. The second-order valence-corrected chi connectivity index (χ2v) is 25.2. The third-order valence-electron chi connectivity index (χ3n) is 12.6. The first-order chi connectivity index (χ1) is 35.4. The maximum absolute atomic E-state index is 13.1. The van der Waals surface area contributed by atoms with Crippen LogP contribution in [0.4, 0.5) is 4.79 Å². The number of amides is 1. The summed E-state index contributed by atoms with van der Waals surface area (Å²) in [6, 6.07) is 28.2. The van der Waals surface area contributed by atoms with Crippen molar-refractivity contribution < 1.29 is 68.1 Å². The number of carbonyl (C=O) groups is 4. The second kappa shape index (κ2) is 18.3. The molecule has 6 aromatic rings. The lowest BCUT2D eigenvalue weighted by Gasteiger charge is -2.22. The zero-order valence-corrected chi connectivity index (χ0v) is 43.6. The average molecular weight is 1090 g/mol. The molecule has 0 bridgehead atoms. The van der Waals surface area contributed by atoms with Crippen molar-refractivity contribution in [3.05, 3.63) is 176 Å². The Balaban J connectivity index is 0.000000128. The van der Waals surface area contributed by atoms with E-state index in [1.54, 1.807) is 60.7 Å². The molecule has 0 saturated heterocycles. The van der Waals surface area contributed by atoms with Crippen molar-refractivity contribution in [3.8, 4) is 17.2 Å². The third-order valence-corrected chi connectivity index (χ3v) is 17.1. The van der Waals surface area contributed by atoms with E-state index in [9.17, 15) is 53.9 Å². The predicted molar refractivity (Wildman–Crippen MR) is 273 cm³/mol. The summed E-state index contributed by atoms with van der Waals surface area (Å²) in [6.45, 7) is 5.18. The first-order valence-corrected chi connectivity index (χ1v) is 29.5. The number of sulfonamides is 3. The van der Waals surface area contributed by atoms with Gasteiger partial charge in [-0.15, -0.1) is 0 Å². The van der Waals surface area contributed by atoms with Crippen molar-refractivity contribution in [2.45, 2.75) is 47.5 Å². The normalized spacial score (nSPS) is 17.4. The molecule has 0 saturated carbocycles. The minimum Gasteiger partial charge on any atom is -0.490 e. The molecule has 1 amide bonds. The van der Waals surface area contributed by atoms with Crippen molar-refractivity contribution in [2.75, 3.05) is 27.1 Å². The number of hydrogen-bond acceptors (Lipinski definition) is 14. The molecule has 23 heteroatoms. The Bertz CT molecular complexity index is 4100. The van der Waals surface area contributed by atoms with Gasteiger partial charge in [-0.05, 0) is 49.7 Å². The fourth-order valence-electron chi connectivity index (χ4n) is 9.39. The number of rotatable bonds is 8. The van der Waals surface area contributed by atoms with Gasteiger partial charge in [-0.25, -0.2) is 4.79 Å². The van der Waals surface area contributed by atoms with Crippen molar-refractivity contribution in [1.82, 2.24) is 4.90 Å². The average Bonchev–Trinajstić information content (AvgIpc) is 3.93. The third kappa shape index (κ3) is 8.61. The van der Waals surface area contributed by atoms with Crippen LogP contribution in [0.1, 0.15) is 108 Å². The zero-order valence-electron chi connectivity index (χ0n) is 40.2. The highest BCUT2D eigenvalue weighted by molar-refractivity contribution is 7.91. The fraction of sp³-hybridized carbons (Fsp3) is 0.173. The van der Waals surface area contributed by atoms with E-state index >= 15 is 0 Å². The van der Waals surface area contributed by atoms with E-state index in [4.69, 9.17) is 14.2 Å². The monoisotopic (exact) mass is 1090 g/mol. The Hall–Kier alpha value is -7.75. The number of ether oxygens (including phenoxy) is 3. The molecule has 12 rings (SSSR count). The van der Waals surface area contributed by atoms with Crippen molar-refractivity contribution >= 4 is 78.0 Å². The largest absolute Gasteiger partial charge is 0.490 e. The Labute approximate surface area is 429 Å². The molecule has 0 aromatic heterocycles. The van der Waals surface area contributed by atoms with Crippen molar-refractivity contribution in [1.29, 1.82) is 0 Å². The first-order valence-electron chi connectivity index (χ1n) is 22.9. The molecule has 75 heavy (non-hydrogen) atoms. The SMILES string of the molecule is CCCC(C)Oc1cccc2c1C(=O)c1cccc3c1C2=NS3(=O)=O.CN(C)C(=O)Oc1cccc2c1C(=O)c1cccc3c1C2=NS3(=O)=O.CP(=O)(O)COc1cccc2c1C(=O)c1cccc3c1C2=NS3(=O)=O. The molecule has 3 aliphatic heterocycles. The molecular formula is C52H41N4O15PS3. The van der Waals surface area contributed by atoms with Crippen LogP contribution in [0.3, 0.4) is 0 Å². The molecule has 6 aromatic carbocycles. The summed E-state index contributed by atoms with van der Waals surface area (Å²) in [4.78, 5) is 61.6. The van der Waals surface area contributed by atoms with Crippen LogP contribution in [0.2, 0.25) is 0 Å². The summed E-state index contributed by atoms with van der Waals surface area (Å²) < 4.78 is 113. The van der Waals surface area contributed by atoms with Gasteiger partial charge in [0.05, 0.1) is 54.6 Å². The lowest BCUT2D eigenvalue weighted by Crippen LogP contribution is -2.27. The van der Waals surface area contributed by atoms with Crippen LogP contribution in [0.5, 0.6) is 17.2 Å². The number of carbonyl (C=O) groups excluding carboxylic acids is 4. The van der Waals surface area contributed by atoms with E-state index in [2.05, 4.69) is 20.1 Å². The summed E-state index contributed by atoms with van der Waals surface area (Å²) in [5.74, 6) is -0.341. The Morgan fingerprint density at radius 1 is 0.560 bits per heavy atom. The lowest BCUT2D eigenvalue weighted by atomic mass is 9.83. The van der Waals surface area contributed by atoms with E-state index in [-0.39, 0.29) is 71.7 Å². The maximum atomic E-state index is 13.1. The highest BCUT2D eigenvalue weighted by Gasteiger charge is 2.43. The van der Waals surface area contributed by atoms with Gasteiger partial charge in [0, 0.05) is 70.8 Å². The number of hydrogen-bond donors (Lipinski definition) is 1. The summed E-state index contributed by atoms with van der Waals surface area (Å²) in [7, 11) is -11.9. The minimum atomic E-state index is -3.85. The molecule has 1 N–H and O–H groups in total. The van der Waals surface area contributed by atoms with Gasteiger partial charge in [0.1, 0.15) is 17.2 Å². The van der Waals surface area contributed by atoms with Crippen LogP contribution in [0.25, 0.3) is 0 Å². The number of benzene rings is 6. The smallest absolute Gasteiger partial charge is 0.414 e. The van der Waals surface area contributed by atoms with E-state index < -0.39 is 61.4 Å². The Kier molecular flexibility index (Phi) is 12.4. The summed E-state index contributed by atoms with van der Waals surface area (Å²) in [6.07, 6.45) is 0.719. The minimum absolute atomic E-state index is 0.0127. The molecule has 2 unspecified atom stereocenters. The van der Waals surface area contributed by atoms with Gasteiger partial charge in [-0.2, -0.15) is 38.4 Å². The van der Waals surface area contributed by atoms with Gasteiger partial charge >= 0.3 is 6.09 Å². The molecule has 382 valence electrons. The first kappa shape index (κ1) is 50.8. The Morgan fingerprint density at radius 2 is 0.907 bits per heavy atom. The van der Waals surface area contributed by atoms with Crippen molar-refractivity contribution in [3.63, 3.8) is 0 Å². The topological polar surface area (TPSA) is 276 Å². The molecule has 3 aliphatic carbocycles. The molecule has 6 aliphatic rings. The summed E-state index contributed by atoms with van der Waals surface area (Å²) in [5.41, 5.74) is 4.50. The quantitative estimate of drug-likeness (QED) is 0.148. The van der Waals surface area contributed by atoms with Crippen LogP contribution in [0.15, 0.2) is 137 Å². The van der Waals surface area contributed by atoms with Crippen molar-refractivity contribution in [2.24, 2.45) is 13.2 Å². The number of nitrogens with zero attached hydrogens (tertiary/aromatic N) is 4. The lowest BCUT2D eigenvalue weighted by molar-refractivity contribution is 0.102. The zero-order chi connectivity index (χ0) is 53.7. The van der Waals surface area contributed by atoms with Crippen LogP contribution in [0, 0.1) is 0 Å². The van der Waals surface area contributed by atoms with Gasteiger partial charge in [-0.3, -0.25) is 18.9 Å². The van der Waals surface area contributed by atoms with E-state index in [1.807, 2.05) is 6.92 Å². The van der Waals surface area contributed by atoms with Gasteiger partial charge in [-0.1, -0.05) is 86.1 Å². The van der Waals surface area contributed by atoms with E-state index in [0.717, 1.165) is 19.5 Å². The van der Waals surface area contributed by atoms with Gasteiger partial charge in [0.2, 0.25) is 7.37 Å². The molecule has 0 fully saturated rings. The van der Waals surface area contributed by atoms with Crippen LogP contribution in [-0.2, 0) is 34.6 Å². The molecule has 2 atom stereocenters. The maximum Gasteiger partial charge on any atom is 0.414 e. The molecule has 19 nitrogen and oxygen atoms in total. The predicted octanol–water partition coefficient (Wildman–Crippen LogP) is 7.18. The molecular weight excluding hydrogens is 1050 g/mol. The van der Waals surface area contributed by atoms with Crippen LogP contribution in [-0.4, -0.2) is 109 Å². The van der Waals surface area contributed by atoms with Crippen LogP contribution >= 0.6 is 7.37 Å². The summed E-state index contributed by atoms with van der Waals surface area (Å²) in [5, 5.41) is 0. The van der Waals surface area contributed by atoms with E-state index in [1.165, 1.54) is 67.5 Å². The highest BCUT2D eigenvalue weighted by Crippen LogP contribution is 2.44.